The molecule has 0 saturated carbocycles. The molecule has 4 rings (SSSR count). The number of ketones is 1. The Labute approximate surface area is 152 Å². The van der Waals surface area contributed by atoms with Gasteiger partial charge in [0.1, 0.15) is 5.82 Å². The molecule has 0 fully saturated rings. The molecule has 2 aromatic rings. The van der Waals surface area contributed by atoms with Crippen molar-refractivity contribution in [2.45, 2.75) is 6.42 Å². The normalized spacial score (nSPS) is 17.4. The zero-order valence-corrected chi connectivity index (χ0v) is 14.4. The number of anilines is 1. The molecule has 0 radical (unpaired) electrons. The number of fused-ring (bicyclic) bond motifs is 3. The van der Waals surface area contributed by atoms with Gasteiger partial charge in [-0.2, -0.15) is 5.10 Å². The molecule has 8 heteroatoms. The van der Waals surface area contributed by atoms with E-state index in [2.05, 4.69) is 25.8 Å². The third-order valence-corrected chi connectivity index (χ3v) is 4.49. The minimum Gasteiger partial charge on any atom is -0.389 e. The van der Waals surface area contributed by atoms with Crippen molar-refractivity contribution in [2.24, 2.45) is 5.10 Å². The Bertz CT molecular complexity index is 1030. The Balaban J connectivity index is 1.79. The monoisotopic (exact) mass is 373 g/mol. The maximum absolute atomic E-state index is 12.5. The van der Waals surface area contributed by atoms with E-state index in [-0.39, 0.29) is 10.8 Å². The van der Waals surface area contributed by atoms with Crippen LogP contribution < -0.4 is 21.4 Å². The SMILES string of the molecule is O=C1C(Cl)=CC=c2[nH]c3c(c21)C(=NNc1ccc(Cl)cn1)CCNC=3. The van der Waals surface area contributed by atoms with E-state index in [1.807, 2.05) is 6.20 Å². The maximum Gasteiger partial charge on any atom is 0.207 e. The first-order chi connectivity index (χ1) is 12.1. The van der Waals surface area contributed by atoms with Crippen LogP contribution in [0.1, 0.15) is 22.3 Å². The number of allylic oxidation sites excluding steroid dienone is 2. The van der Waals surface area contributed by atoms with E-state index in [1.54, 1.807) is 30.5 Å². The molecule has 1 aliphatic carbocycles. The van der Waals surface area contributed by atoms with Crippen LogP contribution in [0.15, 0.2) is 34.5 Å². The van der Waals surface area contributed by atoms with Crippen LogP contribution in [0.4, 0.5) is 5.82 Å². The van der Waals surface area contributed by atoms with Crippen molar-refractivity contribution >= 4 is 52.8 Å². The van der Waals surface area contributed by atoms with Gasteiger partial charge in [-0.05, 0) is 24.3 Å². The molecule has 6 nitrogen and oxygen atoms in total. The predicted molar refractivity (Wildman–Crippen MR) is 99.3 cm³/mol. The fraction of sp³-hybridized carbons (Fsp3) is 0.118. The Morgan fingerprint density at radius 2 is 2.04 bits per heavy atom. The molecule has 3 heterocycles. The number of H-pyrrole nitrogens is 1. The number of nitrogens with one attached hydrogen (secondary N) is 3. The highest BCUT2D eigenvalue weighted by Crippen LogP contribution is 2.17. The predicted octanol–water partition coefficient (Wildman–Crippen LogP) is 1.71. The lowest BCUT2D eigenvalue weighted by molar-refractivity contribution is 0.104. The van der Waals surface area contributed by atoms with E-state index < -0.39 is 0 Å². The quantitative estimate of drug-likeness (QED) is 0.699. The highest BCUT2D eigenvalue weighted by Gasteiger charge is 2.25. The minimum atomic E-state index is -0.204. The molecular weight excluding hydrogens is 361 g/mol. The molecule has 3 N–H and O–H groups in total. The summed E-state index contributed by atoms with van der Waals surface area (Å²) in [6.07, 6.45) is 7.43. The molecule has 2 aromatic heterocycles. The highest BCUT2D eigenvalue weighted by atomic mass is 35.5. The molecular formula is C17H13Cl2N5O. The first-order valence-corrected chi connectivity index (χ1v) is 8.41. The largest absolute Gasteiger partial charge is 0.389 e. The average molecular weight is 374 g/mol. The van der Waals surface area contributed by atoms with Crippen LogP contribution in [-0.4, -0.2) is 28.0 Å². The number of Topliss-reactive ketones (excluding diaryl/α,β-unsaturated/α-hetero) is 1. The van der Waals surface area contributed by atoms with Gasteiger partial charge in [-0.3, -0.25) is 10.2 Å². The van der Waals surface area contributed by atoms with Gasteiger partial charge in [0.15, 0.2) is 0 Å². The van der Waals surface area contributed by atoms with Crippen molar-refractivity contribution in [1.82, 2.24) is 15.3 Å². The molecule has 0 amide bonds. The number of carbonyl (C=O) groups is 1. The molecule has 2 aliphatic rings. The molecule has 0 bridgehead atoms. The number of carbonyl (C=O) groups excluding carboxylic acids is 1. The van der Waals surface area contributed by atoms with Gasteiger partial charge in [0, 0.05) is 30.9 Å². The van der Waals surface area contributed by atoms with E-state index in [0.717, 1.165) is 22.0 Å². The van der Waals surface area contributed by atoms with Gasteiger partial charge in [-0.25, -0.2) is 4.98 Å². The lowest BCUT2D eigenvalue weighted by atomic mass is 9.99. The third kappa shape index (κ3) is 2.94. The molecule has 0 saturated heterocycles. The summed E-state index contributed by atoms with van der Waals surface area (Å²) in [5.74, 6) is 0.365. The number of pyridine rings is 1. The van der Waals surface area contributed by atoms with Crippen LogP contribution >= 0.6 is 23.2 Å². The highest BCUT2D eigenvalue weighted by molar-refractivity contribution is 6.46. The van der Waals surface area contributed by atoms with Crippen molar-refractivity contribution in [1.29, 1.82) is 0 Å². The molecule has 0 atom stereocenters. The summed E-state index contributed by atoms with van der Waals surface area (Å²) in [6.45, 7) is 0.702. The van der Waals surface area contributed by atoms with Gasteiger partial charge in [0.2, 0.25) is 5.78 Å². The van der Waals surface area contributed by atoms with Gasteiger partial charge < -0.3 is 10.3 Å². The van der Waals surface area contributed by atoms with Crippen LogP contribution in [0.25, 0.3) is 12.3 Å². The van der Waals surface area contributed by atoms with Crippen molar-refractivity contribution < 1.29 is 4.79 Å². The van der Waals surface area contributed by atoms with Gasteiger partial charge >= 0.3 is 0 Å². The lowest BCUT2D eigenvalue weighted by Gasteiger charge is -2.08. The van der Waals surface area contributed by atoms with Crippen molar-refractivity contribution in [3.63, 3.8) is 0 Å². The van der Waals surface area contributed by atoms with Crippen LogP contribution in [-0.2, 0) is 0 Å². The number of halogens is 2. The number of aromatic amines is 1. The summed E-state index contributed by atoms with van der Waals surface area (Å²) >= 11 is 11.9. The van der Waals surface area contributed by atoms with Crippen LogP contribution in [0, 0.1) is 0 Å². The summed E-state index contributed by atoms with van der Waals surface area (Å²) in [4.78, 5) is 19.9. The van der Waals surface area contributed by atoms with Crippen LogP contribution in [0.3, 0.4) is 0 Å². The molecule has 0 aromatic carbocycles. The van der Waals surface area contributed by atoms with Crippen molar-refractivity contribution in [3.8, 4) is 0 Å². The molecule has 1 aliphatic heterocycles. The Morgan fingerprint density at radius 1 is 1.16 bits per heavy atom. The molecule has 0 spiro atoms. The van der Waals surface area contributed by atoms with Crippen molar-refractivity contribution in [2.75, 3.05) is 12.0 Å². The molecule has 25 heavy (non-hydrogen) atoms. The summed E-state index contributed by atoms with van der Waals surface area (Å²) in [6, 6.07) is 3.46. The zero-order chi connectivity index (χ0) is 17.4. The number of nitrogens with zero attached hydrogens (tertiary/aromatic N) is 2. The van der Waals surface area contributed by atoms with Crippen LogP contribution in [0.2, 0.25) is 5.02 Å². The topological polar surface area (TPSA) is 82.2 Å². The second-order valence-electron chi connectivity index (χ2n) is 5.59. The first-order valence-electron chi connectivity index (χ1n) is 7.66. The van der Waals surface area contributed by atoms with Gasteiger partial charge in [-0.1, -0.05) is 23.2 Å². The summed E-state index contributed by atoms with van der Waals surface area (Å²) in [7, 11) is 0. The second kappa shape index (κ2) is 6.38. The van der Waals surface area contributed by atoms with E-state index in [9.17, 15) is 4.79 Å². The Kier molecular flexibility index (Phi) is 4.07. The summed E-state index contributed by atoms with van der Waals surface area (Å²) in [5, 5.41) is 9.96. The summed E-state index contributed by atoms with van der Waals surface area (Å²) < 4.78 is 0. The van der Waals surface area contributed by atoms with Crippen molar-refractivity contribution in [3.05, 3.63) is 56.3 Å². The van der Waals surface area contributed by atoms with E-state index >= 15 is 0 Å². The number of rotatable bonds is 2. The average Bonchev–Trinajstić information content (AvgIpc) is 2.87. The third-order valence-electron chi connectivity index (χ3n) is 3.97. The molecule has 0 unspecified atom stereocenters. The zero-order valence-electron chi connectivity index (χ0n) is 12.9. The number of hydrazone groups is 1. The number of aromatic nitrogens is 2. The van der Waals surface area contributed by atoms with Crippen LogP contribution in [0.5, 0.6) is 0 Å². The lowest BCUT2D eigenvalue weighted by Crippen LogP contribution is -2.21. The summed E-state index contributed by atoms with van der Waals surface area (Å²) in [5.41, 5.74) is 4.98. The Morgan fingerprint density at radius 3 is 2.84 bits per heavy atom. The smallest absolute Gasteiger partial charge is 0.207 e. The standard InChI is InChI=1S/C17H13Cl2N5O/c18-9-1-4-14(21-7-9)24-23-12-5-6-20-8-13-15(12)16-11(22-13)3-2-10(19)17(16)25/h1-4,7-8,20,22H,5-6H2,(H,21,24). The number of hydrogen-bond donors (Lipinski definition) is 3. The second-order valence-corrected chi connectivity index (χ2v) is 6.44. The number of hydrogen-bond acceptors (Lipinski definition) is 5. The first kappa shape index (κ1) is 15.9. The van der Waals surface area contributed by atoms with E-state index in [0.29, 0.717) is 29.4 Å². The van der Waals surface area contributed by atoms with Gasteiger partial charge in [0.05, 0.1) is 32.0 Å². The van der Waals surface area contributed by atoms with E-state index in [1.165, 1.54) is 0 Å². The Hall–Kier alpha value is -2.57. The van der Waals surface area contributed by atoms with E-state index in [4.69, 9.17) is 23.2 Å². The fourth-order valence-corrected chi connectivity index (χ4v) is 3.10. The van der Waals surface area contributed by atoms with Gasteiger partial charge in [-0.15, -0.1) is 0 Å². The molecule has 126 valence electrons. The maximum atomic E-state index is 12.5. The van der Waals surface area contributed by atoms with Gasteiger partial charge in [0.25, 0.3) is 0 Å². The minimum absolute atomic E-state index is 0.193. The fourth-order valence-electron chi connectivity index (χ4n) is 2.83.